The second-order valence-corrected chi connectivity index (χ2v) is 4.92. The second-order valence-electron chi connectivity index (χ2n) is 4.92. The minimum absolute atomic E-state index is 0.0156. The van der Waals surface area contributed by atoms with E-state index < -0.39 is 24.2 Å². The Bertz CT molecular complexity index is 947. The molecule has 0 atom stereocenters. The molecule has 0 saturated heterocycles. The number of nitrogens with zero attached hydrogens (tertiary/aromatic N) is 1. The number of hydrogen-bond donors (Lipinski definition) is 1. The number of alkyl halides is 3. The largest absolute Gasteiger partial charge is 0.478 e. The van der Waals surface area contributed by atoms with Gasteiger partial charge < -0.3 is 9.67 Å². The van der Waals surface area contributed by atoms with Gasteiger partial charge in [-0.25, -0.2) is 4.79 Å². The van der Waals surface area contributed by atoms with Crippen LogP contribution in [-0.4, -0.2) is 15.6 Å². The van der Waals surface area contributed by atoms with Gasteiger partial charge in [0.1, 0.15) is 0 Å². The zero-order chi connectivity index (χ0) is 18.4. The number of para-hydroxylation sites is 1. The molecule has 3 aromatic rings. The molecule has 1 N–H and O–H groups in total. The van der Waals surface area contributed by atoms with E-state index in [-0.39, 0.29) is 16.6 Å². The lowest BCUT2D eigenvalue weighted by molar-refractivity contribution is -0.137. The highest BCUT2D eigenvalue weighted by Crippen LogP contribution is 2.29. The number of rotatable bonds is 3. The first-order valence-electron chi connectivity index (χ1n) is 7.64. The molecule has 1 heterocycles. The van der Waals surface area contributed by atoms with E-state index in [0.717, 1.165) is 28.8 Å². The standard InChI is InChI=1S/C17H12F3NO2/c18-17(19,20)13-6-4-11(5-7-13)10-21-9-8-12-2-1-3-14(15(12)21)16(22)23/h1-9H,10H2,(H,22,23)/i10D2. The summed E-state index contributed by atoms with van der Waals surface area (Å²) in [6, 6.07) is 9.81. The summed E-state index contributed by atoms with van der Waals surface area (Å²) >= 11 is 0. The summed E-state index contributed by atoms with van der Waals surface area (Å²) in [5.41, 5.74) is -0.813. The van der Waals surface area contributed by atoms with Crippen molar-refractivity contribution in [1.82, 2.24) is 4.57 Å². The van der Waals surface area contributed by atoms with Crippen molar-refractivity contribution >= 4 is 16.9 Å². The van der Waals surface area contributed by atoms with Gasteiger partial charge in [0.25, 0.3) is 0 Å². The molecule has 3 rings (SSSR count). The average Bonchev–Trinajstić information content (AvgIpc) is 2.98. The molecular formula is C17H12F3NO2. The van der Waals surface area contributed by atoms with Gasteiger partial charge in [0, 0.05) is 18.1 Å². The Morgan fingerprint density at radius 3 is 2.43 bits per heavy atom. The van der Waals surface area contributed by atoms with Gasteiger partial charge in [-0.15, -0.1) is 0 Å². The monoisotopic (exact) mass is 321 g/mol. The molecular weight excluding hydrogens is 307 g/mol. The van der Waals surface area contributed by atoms with Crippen LogP contribution in [0.2, 0.25) is 0 Å². The smallest absolute Gasteiger partial charge is 0.416 e. The number of benzene rings is 2. The van der Waals surface area contributed by atoms with Crippen LogP contribution in [0.1, 0.15) is 24.2 Å². The SMILES string of the molecule is [2H]C([2H])(c1ccc(C(F)(F)F)cc1)n1ccc2cccc(C(=O)O)c21. The lowest BCUT2D eigenvalue weighted by Gasteiger charge is -2.10. The molecule has 0 unspecified atom stereocenters. The lowest BCUT2D eigenvalue weighted by Crippen LogP contribution is -2.06. The van der Waals surface area contributed by atoms with Crippen molar-refractivity contribution in [2.24, 2.45) is 0 Å². The van der Waals surface area contributed by atoms with E-state index in [1.807, 2.05) is 0 Å². The molecule has 0 aliphatic carbocycles. The Balaban J connectivity index is 2.15. The number of aromatic nitrogens is 1. The van der Waals surface area contributed by atoms with Crippen molar-refractivity contribution in [3.05, 3.63) is 71.4 Å². The summed E-state index contributed by atoms with van der Waals surface area (Å²) in [6.45, 7) is -2.22. The van der Waals surface area contributed by atoms with E-state index in [4.69, 9.17) is 2.74 Å². The Morgan fingerprint density at radius 1 is 1.13 bits per heavy atom. The molecule has 6 heteroatoms. The fourth-order valence-electron chi connectivity index (χ4n) is 2.33. The van der Waals surface area contributed by atoms with Gasteiger partial charge in [-0.3, -0.25) is 0 Å². The number of carboxylic acids is 1. The van der Waals surface area contributed by atoms with Crippen LogP contribution in [0.4, 0.5) is 13.2 Å². The van der Waals surface area contributed by atoms with Gasteiger partial charge in [-0.2, -0.15) is 13.2 Å². The Hall–Kier alpha value is -2.76. The summed E-state index contributed by atoms with van der Waals surface area (Å²) in [5.74, 6) is -1.21. The highest BCUT2D eigenvalue weighted by molar-refractivity contribution is 6.02. The lowest BCUT2D eigenvalue weighted by atomic mass is 10.1. The molecule has 0 aliphatic rings. The zero-order valence-electron chi connectivity index (χ0n) is 13.6. The number of fused-ring (bicyclic) bond motifs is 1. The van der Waals surface area contributed by atoms with Crippen LogP contribution < -0.4 is 0 Å². The normalized spacial score (nSPS) is 13.7. The third kappa shape index (κ3) is 2.92. The topological polar surface area (TPSA) is 42.2 Å². The van der Waals surface area contributed by atoms with Crippen LogP contribution in [0.25, 0.3) is 10.9 Å². The molecule has 0 spiro atoms. The summed E-state index contributed by atoms with van der Waals surface area (Å²) in [7, 11) is 0. The third-order valence-electron chi connectivity index (χ3n) is 3.40. The first kappa shape index (κ1) is 12.8. The summed E-state index contributed by atoms with van der Waals surface area (Å²) in [5, 5.41) is 9.85. The maximum Gasteiger partial charge on any atom is 0.416 e. The van der Waals surface area contributed by atoms with E-state index in [1.54, 1.807) is 18.2 Å². The van der Waals surface area contributed by atoms with Gasteiger partial charge in [-0.05, 0) is 29.8 Å². The molecule has 0 fully saturated rings. The van der Waals surface area contributed by atoms with Gasteiger partial charge in [0.15, 0.2) is 0 Å². The number of carbonyl (C=O) groups is 1. The molecule has 2 aromatic carbocycles. The van der Waals surface area contributed by atoms with Gasteiger partial charge >= 0.3 is 12.1 Å². The van der Waals surface area contributed by atoms with Gasteiger partial charge in [0.2, 0.25) is 0 Å². The van der Waals surface area contributed by atoms with Crippen molar-refractivity contribution < 1.29 is 25.8 Å². The first-order chi connectivity index (χ1) is 11.6. The quantitative estimate of drug-likeness (QED) is 0.776. The number of aromatic carboxylic acids is 1. The van der Waals surface area contributed by atoms with Crippen molar-refractivity contribution in [2.75, 3.05) is 0 Å². The van der Waals surface area contributed by atoms with Crippen LogP contribution in [0.15, 0.2) is 54.7 Å². The molecule has 0 radical (unpaired) electrons. The predicted octanol–water partition coefficient (Wildman–Crippen LogP) is 4.41. The minimum atomic E-state index is -4.51. The molecule has 0 amide bonds. The first-order valence-corrected chi connectivity index (χ1v) is 6.64. The maximum absolute atomic E-state index is 12.7. The predicted molar refractivity (Wildman–Crippen MR) is 79.4 cm³/mol. The van der Waals surface area contributed by atoms with E-state index in [1.165, 1.54) is 12.3 Å². The summed E-state index contributed by atoms with van der Waals surface area (Å²) in [6.07, 6.45) is -3.13. The fraction of sp³-hybridized carbons (Fsp3) is 0.118. The van der Waals surface area contributed by atoms with Gasteiger partial charge in [-0.1, -0.05) is 24.3 Å². The van der Waals surface area contributed by atoms with E-state index in [2.05, 4.69) is 0 Å². The Labute approximate surface area is 132 Å². The molecule has 1 aromatic heterocycles. The fourth-order valence-corrected chi connectivity index (χ4v) is 2.33. The van der Waals surface area contributed by atoms with Crippen LogP contribution in [0.3, 0.4) is 0 Å². The Kier molecular flexibility index (Phi) is 3.03. The van der Waals surface area contributed by atoms with E-state index >= 15 is 0 Å². The average molecular weight is 321 g/mol. The molecule has 0 saturated carbocycles. The van der Waals surface area contributed by atoms with E-state index in [0.29, 0.717) is 5.39 Å². The third-order valence-corrected chi connectivity index (χ3v) is 3.40. The zero-order valence-corrected chi connectivity index (χ0v) is 11.6. The highest BCUT2D eigenvalue weighted by Gasteiger charge is 2.29. The molecule has 23 heavy (non-hydrogen) atoms. The number of halogens is 3. The molecule has 3 nitrogen and oxygen atoms in total. The Morgan fingerprint density at radius 2 is 1.83 bits per heavy atom. The maximum atomic E-state index is 12.7. The summed E-state index contributed by atoms with van der Waals surface area (Å²) in [4.78, 5) is 11.4. The summed E-state index contributed by atoms with van der Waals surface area (Å²) < 4.78 is 55.8. The minimum Gasteiger partial charge on any atom is -0.478 e. The van der Waals surface area contributed by atoms with Crippen molar-refractivity contribution in [3.63, 3.8) is 0 Å². The van der Waals surface area contributed by atoms with Crippen molar-refractivity contribution in [3.8, 4) is 0 Å². The second kappa shape index (κ2) is 5.46. The van der Waals surface area contributed by atoms with Crippen LogP contribution in [0.5, 0.6) is 0 Å². The van der Waals surface area contributed by atoms with Crippen molar-refractivity contribution in [2.45, 2.75) is 12.7 Å². The van der Waals surface area contributed by atoms with Crippen LogP contribution in [-0.2, 0) is 12.7 Å². The molecule has 0 bridgehead atoms. The van der Waals surface area contributed by atoms with E-state index in [9.17, 15) is 23.1 Å². The molecule has 0 aliphatic heterocycles. The number of hydrogen-bond acceptors (Lipinski definition) is 1. The van der Waals surface area contributed by atoms with Gasteiger partial charge in [0.05, 0.1) is 19.4 Å². The van der Waals surface area contributed by atoms with Crippen LogP contribution >= 0.6 is 0 Å². The highest BCUT2D eigenvalue weighted by atomic mass is 19.4. The molecule has 118 valence electrons. The number of carboxylic acid groups (broad SMARTS) is 1. The van der Waals surface area contributed by atoms with Crippen LogP contribution in [0, 0.1) is 0 Å². The van der Waals surface area contributed by atoms with Crippen molar-refractivity contribution in [1.29, 1.82) is 0 Å².